The highest BCUT2D eigenvalue weighted by molar-refractivity contribution is 5.79. The molecule has 2 aromatic carbocycles. The van der Waals surface area contributed by atoms with Crippen molar-refractivity contribution in [2.24, 2.45) is 4.99 Å². The summed E-state index contributed by atoms with van der Waals surface area (Å²) in [4.78, 5) is 4.66. The van der Waals surface area contributed by atoms with Gasteiger partial charge in [0.2, 0.25) is 6.79 Å². The summed E-state index contributed by atoms with van der Waals surface area (Å²) >= 11 is 0. The number of nitrogens with zero attached hydrogens (tertiary/aromatic N) is 1. The van der Waals surface area contributed by atoms with Gasteiger partial charge < -0.3 is 24.8 Å². The molecule has 0 aromatic heterocycles. The molecule has 0 saturated heterocycles. The highest BCUT2D eigenvalue weighted by atomic mass is 16.7. The Morgan fingerprint density at radius 1 is 1.08 bits per heavy atom. The Morgan fingerprint density at radius 2 is 1.92 bits per heavy atom. The molecule has 0 unspecified atom stereocenters. The maximum absolute atomic E-state index is 5.68. The first kappa shape index (κ1) is 17.9. The van der Waals surface area contributed by atoms with Crippen molar-refractivity contribution in [3.8, 4) is 17.2 Å². The number of ether oxygens (including phenoxy) is 3. The van der Waals surface area contributed by atoms with Crippen LogP contribution in [0.3, 0.4) is 0 Å². The lowest BCUT2D eigenvalue weighted by atomic mass is 10.2. The summed E-state index contributed by atoms with van der Waals surface area (Å²) in [5.74, 6) is 3.22. The van der Waals surface area contributed by atoms with E-state index in [1.54, 1.807) is 0 Å². The number of nitrogens with one attached hydrogen (secondary N) is 2. The molecule has 0 bridgehead atoms. The predicted molar refractivity (Wildman–Crippen MR) is 102 cm³/mol. The van der Waals surface area contributed by atoms with Crippen LogP contribution in [0.2, 0.25) is 0 Å². The molecule has 26 heavy (non-hydrogen) atoms. The molecule has 3 rings (SSSR count). The molecule has 1 aliphatic rings. The van der Waals surface area contributed by atoms with Crippen LogP contribution in [-0.4, -0.2) is 25.9 Å². The molecular formula is C20H25N3O3. The van der Waals surface area contributed by atoms with Crippen LogP contribution >= 0.6 is 0 Å². The van der Waals surface area contributed by atoms with E-state index >= 15 is 0 Å². The van der Waals surface area contributed by atoms with Crippen molar-refractivity contribution < 1.29 is 14.2 Å². The standard InChI is InChI=1S/C20H25N3O3/c1-3-21-20(23-13-16-7-5-6-8-17(16)24-4-2)22-12-15-9-10-18-19(11-15)26-14-25-18/h5-11H,3-4,12-14H2,1-2H3,(H2,21,22,23). The zero-order chi connectivity index (χ0) is 18.2. The van der Waals surface area contributed by atoms with Crippen LogP contribution in [-0.2, 0) is 13.1 Å². The third-order valence-corrected chi connectivity index (χ3v) is 3.92. The minimum absolute atomic E-state index is 0.283. The van der Waals surface area contributed by atoms with Gasteiger partial charge >= 0.3 is 0 Å². The molecule has 1 aliphatic heterocycles. The van der Waals surface area contributed by atoms with Crippen molar-refractivity contribution in [2.45, 2.75) is 26.9 Å². The van der Waals surface area contributed by atoms with Crippen LogP contribution in [0, 0.1) is 0 Å². The fourth-order valence-electron chi connectivity index (χ4n) is 2.68. The fourth-order valence-corrected chi connectivity index (χ4v) is 2.68. The summed E-state index contributed by atoms with van der Waals surface area (Å²) in [5, 5.41) is 6.63. The Kier molecular flexibility index (Phi) is 6.19. The van der Waals surface area contributed by atoms with Gasteiger partial charge in [-0.15, -0.1) is 0 Å². The Labute approximate surface area is 154 Å². The number of guanidine groups is 1. The molecule has 0 aliphatic carbocycles. The average Bonchev–Trinajstić information content (AvgIpc) is 3.13. The predicted octanol–water partition coefficient (Wildman–Crippen LogP) is 3.07. The molecule has 0 spiro atoms. The van der Waals surface area contributed by atoms with E-state index in [0.717, 1.165) is 40.9 Å². The molecule has 2 N–H and O–H groups in total. The summed E-state index contributed by atoms with van der Waals surface area (Å²) in [7, 11) is 0. The lowest BCUT2D eigenvalue weighted by molar-refractivity contribution is 0.174. The van der Waals surface area contributed by atoms with Crippen LogP contribution < -0.4 is 24.8 Å². The van der Waals surface area contributed by atoms with Gasteiger partial charge in [0.1, 0.15) is 5.75 Å². The van der Waals surface area contributed by atoms with Crippen molar-refractivity contribution in [3.63, 3.8) is 0 Å². The van der Waals surface area contributed by atoms with Crippen LogP contribution in [0.4, 0.5) is 0 Å². The molecule has 0 saturated carbocycles. The first-order valence-electron chi connectivity index (χ1n) is 8.91. The molecule has 0 atom stereocenters. The third-order valence-electron chi connectivity index (χ3n) is 3.92. The second-order valence-electron chi connectivity index (χ2n) is 5.78. The number of fused-ring (bicyclic) bond motifs is 1. The largest absolute Gasteiger partial charge is 0.494 e. The van der Waals surface area contributed by atoms with Gasteiger partial charge in [-0.05, 0) is 37.6 Å². The molecule has 138 valence electrons. The van der Waals surface area contributed by atoms with Crippen LogP contribution in [0.5, 0.6) is 17.2 Å². The van der Waals surface area contributed by atoms with Gasteiger partial charge in [0, 0.05) is 18.7 Å². The Balaban J connectivity index is 1.64. The quantitative estimate of drug-likeness (QED) is 0.590. The van der Waals surface area contributed by atoms with E-state index in [1.807, 2.05) is 50.2 Å². The summed E-state index contributed by atoms with van der Waals surface area (Å²) < 4.78 is 16.4. The summed E-state index contributed by atoms with van der Waals surface area (Å²) in [6.07, 6.45) is 0. The number of hydrogen-bond acceptors (Lipinski definition) is 4. The summed E-state index contributed by atoms with van der Waals surface area (Å²) in [6.45, 7) is 6.95. The third kappa shape index (κ3) is 4.59. The smallest absolute Gasteiger partial charge is 0.231 e. The van der Waals surface area contributed by atoms with E-state index in [-0.39, 0.29) is 6.79 Å². The summed E-state index contributed by atoms with van der Waals surface area (Å²) in [6, 6.07) is 13.9. The number of hydrogen-bond donors (Lipinski definition) is 2. The lowest BCUT2D eigenvalue weighted by Gasteiger charge is -2.14. The molecule has 1 heterocycles. The van der Waals surface area contributed by atoms with Gasteiger partial charge in [0.25, 0.3) is 0 Å². The van der Waals surface area contributed by atoms with E-state index in [2.05, 4.69) is 21.7 Å². The first-order chi connectivity index (χ1) is 12.8. The second kappa shape index (κ2) is 8.99. The minimum atomic E-state index is 0.283. The highest BCUT2D eigenvalue weighted by Gasteiger charge is 2.13. The van der Waals surface area contributed by atoms with Crippen molar-refractivity contribution in [2.75, 3.05) is 19.9 Å². The molecule has 0 radical (unpaired) electrons. The molecule has 2 aromatic rings. The Morgan fingerprint density at radius 3 is 2.77 bits per heavy atom. The second-order valence-corrected chi connectivity index (χ2v) is 5.78. The van der Waals surface area contributed by atoms with Gasteiger partial charge in [0.15, 0.2) is 17.5 Å². The number of rotatable bonds is 7. The van der Waals surface area contributed by atoms with Crippen molar-refractivity contribution in [1.29, 1.82) is 0 Å². The molecule has 0 amide bonds. The van der Waals surface area contributed by atoms with Gasteiger partial charge in [-0.1, -0.05) is 24.3 Å². The van der Waals surface area contributed by atoms with E-state index in [1.165, 1.54) is 0 Å². The van der Waals surface area contributed by atoms with E-state index in [0.29, 0.717) is 19.7 Å². The van der Waals surface area contributed by atoms with Gasteiger partial charge in [-0.25, -0.2) is 4.99 Å². The molecule has 6 nitrogen and oxygen atoms in total. The lowest BCUT2D eigenvalue weighted by Crippen LogP contribution is -2.36. The highest BCUT2D eigenvalue weighted by Crippen LogP contribution is 2.32. The maximum Gasteiger partial charge on any atom is 0.231 e. The van der Waals surface area contributed by atoms with Crippen LogP contribution in [0.25, 0.3) is 0 Å². The zero-order valence-electron chi connectivity index (χ0n) is 15.2. The number of para-hydroxylation sites is 1. The van der Waals surface area contributed by atoms with E-state index in [9.17, 15) is 0 Å². The molecular weight excluding hydrogens is 330 g/mol. The number of aliphatic imine (C=N–C) groups is 1. The molecule has 6 heteroatoms. The van der Waals surface area contributed by atoms with E-state index in [4.69, 9.17) is 14.2 Å². The Bertz CT molecular complexity index is 762. The molecule has 0 fully saturated rings. The van der Waals surface area contributed by atoms with Crippen molar-refractivity contribution >= 4 is 5.96 Å². The Hall–Kier alpha value is -2.89. The SMILES string of the molecule is CCNC(=NCc1ccc2c(c1)OCO2)NCc1ccccc1OCC. The van der Waals surface area contributed by atoms with Gasteiger partial charge in [-0.2, -0.15) is 0 Å². The average molecular weight is 355 g/mol. The summed E-state index contributed by atoms with van der Waals surface area (Å²) in [5.41, 5.74) is 2.17. The first-order valence-corrected chi connectivity index (χ1v) is 8.91. The normalized spacial score (nSPS) is 12.8. The minimum Gasteiger partial charge on any atom is -0.494 e. The number of benzene rings is 2. The monoisotopic (exact) mass is 355 g/mol. The van der Waals surface area contributed by atoms with Gasteiger partial charge in [-0.3, -0.25) is 0 Å². The van der Waals surface area contributed by atoms with Crippen molar-refractivity contribution in [1.82, 2.24) is 10.6 Å². The zero-order valence-corrected chi connectivity index (χ0v) is 15.2. The fraction of sp³-hybridized carbons (Fsp3) is 0.350. The van der Waals surface area contributed by atoms with Crippen LogP contribution in [0.15, 0.2) is 47.5 Å². The topological polar surface area (TPSA) is 64.1 Å². The van der Waals surface area contributed by atoms with Crippen molar-refractivity contribution in [3.05, 3.63) is 53.6 Å². The van der Waals surface area contributed by atoms with Gasteiger partial charge in [0.05, 0.1) is 13.2 Å². The maximum atomic E-state index is 5.68. The van der Waals surface area contributed by atoms with E-state index < -0.39 is 0 Å². The van der Waals surface area contributed by atoms with Crippen LogP contribution in [0.1, 0.15) is 25.0 Å².